The lowest BCUT2D eigenvalue weighted by Crippen LogP contribution is -2.31. The van der Waals surface area contributed by atoms with Crippen LogP contribution in [-0.4, -0.2) is 27.4 Å². The molecule has 3 rings (SSSR count). The van der Waals surface area contributed by atoms with E-state index in [2.05, 4.69) is 15.0 Å². The van der Waals surface area contributed by atoms with Crippen LogP contribution in [0.5, 0.6) is 5.88 Å². The molecule has 0 spiro atoms. The molecular formula is C20H22FN5O3S. The number of halogens is 1. The molecule has 158 valence electrons. The number of rotatable bonds is 8. The molecule has 0 aliphatic heterocycles. The van der Waals surface area contributed by atoms with Crippen LogP contribution in [0.4, 0.5) is 14.2 Å². The molecule has 0 bridgehead atoms. The van der Waals surface area contributed by atoms with Crippen LogP contribution in [0.2, 0.25) is 0 Å². The number of hydrogen-bond donors (Lipinski definition) is 3. The topological polar surface area (TPSA) is 111 Å². The number of nitrogens with zero attached hydrogens (tertiary/aromatic N) is 2. The molecule has 2 aromatic heterocycles. The summed E-state index contributed by atoms with van der Waals surface area (Å²) in [5.74, 6) is -1.27. The molecule has 0 fully saturated rings. The van der Waals surface area contributed by atoms with Gasteiger partial charge in [0.05, 0.1) is 0 Å². The predicted molar refractivity (Wildman–Crippen MR) is 112 cm³/mol. The summed E-state index contributed by atoms with van der Waals surface area (Å²) < 4.78 is 25.5. The summed E-state index contributed by atoms with van der Waals surface area (Å²) in [6.45, 7) is 2.06. The largest absolute Gasteiger partial charge is 0.471 e. The summed E-state index contributed by atoms with van der Waals surface area (Å²) in [6, 6.07) is 8.14. The summed E-state index contributed by atoms with van der Waals surface area (Å²) in [5.41, 5.74) is 7.56. The highest BCUT2D eigenvalue weighted by atomic mass is 32.1. The maximum Gasteiger partial charge on any atom is 0.319 e. The second kappa shape index (κ2) is 9.40. The molecule has 0 radical (unpaired) electrons. The van der Waals surface area contributed by atoms with Crippen molar-refractivity contribution < 1.29 is 18.7 Å². The maximum atomic E-state index is 14.0. The molecule has 0 aliphatic rings. The molecule has 0 saturated heterocycles. The van der Waals surface area contributed by atoms with Crippen LogP contribution < -0.4 is 21.1 Å². The summed E-state index contributed by atoms with van der Waals surface area (Å²) >= 11 is 0.863. The first-order valence-corrected chi connectivity index (χ1v) is 9.95. The lowest BCUT2D eigenvalue weighted by Gasteiger charge is -2.09. The second-order valence-electron chi connectivity index (χ2n) is 6.68. The number of nitrogens with one attached hydrogen (secondary N) is 2. The van der Waals surface area contributed by atoms with E-state index in [1.165, 1.54) is 6.07 Å². The molecule has 3 aromatic rings. The first-order valence-electron chi connectivity index (χ1n) is 9.17. The van der Waals surface area contributed by atoms with E-state index in [0.29, 0.717) is 18.5 Å². The van der Waals surface area contributed by atoms with Crippen LogP contribution in [0.25, 0.3) is 0 Å². The third kappa shape index (κ3) is 5.15. The van der Waals surface area contributed by atoms with E-state index in [4.69, 9.17) is 10.5 Å². The van der Waals surface area contributed by atoms with Gasteiger partial charge in [-0.3, -0.25) is 10.1 Å². The van der Waals surface area contributed by atoms with Crippen molar-refractivity contribution in [3.8, 4) is 5.88 Å². The van der Waals surface area contributed by atoms with Crippen LogP contribution in [0.3, 0.4) is 0 Å². The summed E-state index contributed by atoms with van der Waals surface area (Å²) in [5, 5.41) is 5.45. The molecule has 0 aliphatic carbocycles. The number of aromatic nitrogens is 2. The molecule has 1 aromatic carbocycles. The van der Waals surface area contributed by atoms with E-state index < -0.39 is 17.8 Å². The first-order chi connectivity index (χ1) is 14.3. The summed E-state index contributed by atoms with van der Waals surface area (Å²) in [4.78, 5) is 24.0. The van der Waals surface area contributed by atoms with Crippen molar-refractivity contribution in [3.05, 3.63) is 64.7 Å². The summed E-state index contributed by atoms with van der Waals surface area (Å²) in [6.07, 6.45) is 2.58. The first kappa shape index (κ1) is 21.3. The van der Waals surface area contributed by atoms with E-state index in [0.717, 1.165) is 22.8 Å². The van der Waals surface area contributed by atoms with E-state index in [9.17, 15) is 14.0 Å². The highest BCUT2D eigenvalue weighted by Gasteiger charge is 2.22. The summed E-state index contributed by atoms with van der Waals surface area (Å²) in [7, 11) is 1.93. The number of amides is 3. The molecule has 0 atom stereocenters. The Morgan fingerprint density at radius 2 is 2.13 bits per heavy atom. The molecule has 30 heavy (non-hydrogen) atoms. The van der Waals surface area contributed by atoms with Gasteiger partial charge >= 0.3 is 6.03 Å². The number of hydrogen-bond acceptors (Lipinski definition) is 5. The zero-order valence-electron chi connectivity index (χ0n) is 16.6. The van der Waals surface area contributed by atoms with Crippen LogP contribution in [0, 0.1) is 12.7 Å². The van der Waals surface area contributed by atoms with Gasteiger partial charge in [-0.25, -0.2) is 9.18 Å². The second-order valence-corrected chi connectivity index (χ2v) is 7.45. The van der Waals surface area contributed by atoms with Gasteiger partial charge in [-0.1, -0.05) is 12.1 Å². The Kier molecular flexibility index (Phi) is 6.68. The lowest BCUT2D eigenvalue weighted by molar-refractivity contribution is 0.0996. The number of aryl methyl sites for hydroxylation is 2. The van der Waals surface area contributed by atoms with Gasteiger partial charge in [0.25, 0.3) is 5.91 Å². The molecule has 4 N–H and O–H groups in total. The smallest absolute Gasteiger partial charge is 0.319 e. The average molecular weight is 431 g/mol. The van der Waals surface area contributed by atoms with Crippen molar-refractivity contribution >= 4 is 28.5 Å². The van der Waals surface area contributed by atoms with Gasteiger partial charge in [0.15, 0.2) is 0 Å². The number of benzene rings is 1. The van der Waals surface area contributed by atoms with Gasteiger partial charge in [-0.05, 0) is 42.2 Å². The van der Waals surface area contributed by atoms with Gasteiger partial charge in [0.1, 0.15) is 23.0 Å². The number of nitrogens with two attached hydrogens (primary N) is 1. The highest BCUT2D eigenvalue weighted by Crippen LogP contribution is 2.30. The minimum Gasteiger partial charge on any atom is -0.471 e. The standard InChI is InChI=1S/C20H22FN5O3S/c1-12-5-6-13(15(21)10-12)11-29-18-16(17(22)27)19(30-25-18)24-20(28)23-8-7-14-4-3-9-26(14)2/h3-6,9-10H,7-8,11H2,1-2H3,(H2,22,27)(H2,23,24,28). The van der Waals surface area contributed by atoms with Gasteiger partial charge in [0, 0.05) is 37.5 Å². The van der Waals surface area contributed by atoms with Crippen molar-refractivity contribution in [1.82, 2.24) is 14.3 Å². The molecule has 10 heteroatoms. The van der Waals surface area contributed by atoms with Gasteiger partial charge in [-0.2, -0.15) is 4.37 Å². The number of carbonyl (C=O) groups excluding carboxylic acids is 2. The quantitative estimate of drug-likeness (QED) is 0.509. The van der Waals surface area contributed by atoms with Gasteiger partial charge in [0.2, 0.25) is 5.88 Å². The average Bonchev–Trinajstić information content (AvgIpc) is 3.27. The Morgan fingerprint density at radius 1 is 1.33 bits per heavy atom. The number of ether oxygens (including phenoxy) is 1. The zero-order valence-corrected chi connectivity index (χ0v) is 17.4. The Labute approximate surface area is 177 Å². The number of carbonyl (C=O) groups is 2. The van der Waals surface area contributed by atoms with Crippen molar-refractivity contribution in [2.45, 2.75) is 20.0 Å². The van der Waals surface area contributed by atoms with E-state index >= 15 is 0 Å². The Hall–Kier alpha value is -3.40. The zero-order chi connectivity index (χ0) is 21.7. The van der Waals surface area contributed by atoms with Gasteiger partial charge < -0.3 is 20.4 Å². The lowest BCUT2D eigenvalue weighted by atomic mass is 10.1. The fourth-order valence-corrected chi connectivity index (χ4v) is 3.54. The van der Waals surface area contributed by atoms with Crippen molar-refractivity contribution in [3.63, 3.8) is 0 Å². The van der Waals surface area contributed by atoms with E-state index in [-0.39, 0.29) is 23.1 Å². The minimum absolute atomic E-state index is 0.0495. The van der Waals surface area contributed by atoms with Crippen LogP contribution in [-0.2, 0) is 20.1 Å². The van der Waals surface area contributed by atoms with Crippen molar-refractivity contribution in [1.29, 1.82) is 0 Å². The van der Waals surface area contributed by atoms with Crippen LogP contribution in [0.15, 0.2) is 36.5 Å². The predicted octanol–water partition coefficient (Wildman–Crippen LogP) is 2.97. The minimum atomic E-state index is -0.803. The molecule has 3 amide bonds. The third-order valence-corrected chi connectivity index (χ3v) is 5.17. The fourth-order valence-electron chi connectivity index (χ4n) is 2.80. The normalized spacial score (nSPS) is 10.6. The Morgan fingerprint density at radius 3 is 2.80 bits per heavy atom. The molecule has 0 saturated carbocycles. The van der Waals surface area contributed by atoms with Crippen molar-refractivity contribution in [2.24, 2.45) is 12.8 Å². The van der Waals surface area contributed by atoms with E-state index in [1.807, 2.05) is 29.9 Å². The van der Waals surface area contributed by atoms with Crippen molar-refractivity contribution in [2.75, 3.05) is 11.9 Å². The fraction of sp³-hybridized carbons (Fsp3) is 0.250. The van der Waals surface area contributed by atoms with Crippen LogP contribution >= 0.6 is 11.5 Å². The molecular weight excluding hydrogens is 409 g/mol. The molecule has 8 nitrogen and oxygen atoms in total. The highest BCUT2D eigenvalue weighted by molar-refractivity contribution is 7.11. The number of anilines is 1. The Bertz CT molecular complexity index is 1060. The maximum absolute atomic E-state index is 14.0. The SMILES string of the molecule is Cc1ccc(COc2nsc(NC(=O)NCCc3cccn3C)c2C(N)=O)c(F)c1. The third-order valence-electron chi connectivity index (χ3n) is 4.43. The number of primary amides is 1. The van der Waals surface area contributed by atoms with E-state index in [1.54, 1.807) is 19.1 Å². The molecule has 2 heterocycles. The molecule has 0 unspecified atom stereocenters. The van der Waals surface area contributed by atoms with Gasteiger partial charge in [-0.15, -0.1) is 0 Å². The number of urea groups is 1. The monoisotopic (exact) mass is 431 g/mol. The van der Waals surface area contributed by atoms with Crippen LogP contribution in [0.1, 0.15) is 27.2 Å². The Balaban J connectivity index is 1.61.